The molecule has 10 atom stereocenters. The number of rotatable bonds is 27. The molecule has 29 nitrogen and oxygen atoms in total. The van der Waals surface area contributed by atoms with Crippen LogP contribution in [0.3, 0.4) is 0 Å². The van der Waals surface area contributed by atoms with Crippen LogP contribution in [0, 0.1) is 5.92 Å². The largest absolute Gasteiger partial charge is 0.394 e. The number of carbonyl (C=O) groups is 11. The van der Waals surface area contributed by atoms with Crippen molar-refractivity contribution in [2.45, 2.75) is 172 Å². The number of aliphatic hydroxyl groups is 2. The summed E-state index contributed by atoms with van der Waals surface area (Å²) in [6.45, 7) is 4.07. The molecule has 434 valence electrons. The second-order valence-corrected chi connectivity index (χ2v) is 19.0. The summed E-state index contributed by atoms with van der Waals surface area (Å²) in [5, 5.41) is 48.0. The Hall–Kier alpha value is -6.11. The zero-order valence-corrected chi connectivity index (χ0v) is 44.5. The number of carbonyl (C=O) groups excluding carboxylic acids is 11. The van der Waals surface area contributed by atoms with Gasteiger partial charge in [-0.3, -0.25) is 52.7 Å². The van der Waals surface area contributed by atoms with Gasteiger partial charge in [0.1, 0.15) is 54.4 Å². The van der Waals surface area contributed by atoms with Gasteiger partial charge in [0.2, 0.25) is 65.0 Å². The van der Waals surface area contributed by atoms with Gasteiger partial charge in [-0.05, 0) is 96.9 Å². The van der Waals surface area contributed by atoms with Crippen LogP contribution in [-0.2, 0) is 52.7 Å². The summed E-state index contributed by atoms with van der Waals surface area (Å²) in [4.78, 5) is 149. The number of nitrogens with two attached hydrogens (primary N) is 5. The number of hydrogen-bond donors (Lipinski definition) is 18. The molecule has 0 unspecified atom stereocenters. The van der Waals surface area contributed by atoms with E-state index in [0.29, 0.717) is 6.42 Å². The lowest BCUT2D eigenvalue weighted by atomic mass is 10.0. The molecule has 1 saturated heterocycles. The third-order valence-electron chi connectivity index (χ3n) is 12.0. The van der Waals surface area contributed by atoms with Gasteiger partial charge in [-0.2, -0.15) is 0 Å². The van der Waals surface area contributed by atoms with E-state index in [1.165, 1.54) is 6.92 Å². The molecule has 76 heavy (non-hydrogen) atoms. The van der Waals surface area contributed by atoms with E-state index in [-0.39, 0.29) is 83.6 Å². The van der Waals surface area contributed by atoms with Crippen LogP contribution < -0.4 is 87.2 Å². The average molecular weight is 1090 g/mol. The summed E-state index contributed by atoms with van der Waals surface area (Å²) in [6, 6.07) is -13.0. The summed E-state index contributed by atoms with van der Waals surface area (Å²) in [6.07, 6.45) is 1.91. The van der Waals surface area contributed by atoms with E-state index in [4.69, 9.17) is 28.7 Å². The number of unbranched alkanes of at least 4 members (excludes halogenated alkanes) is 4. The second kappa shape index (κ2) is 37.6. The molecule has 1 aliphatic rings. The van der Waals surface area contributed by atoms with Crippen molar-refractivity contribution in [1.29, 1.82) is 0 Å². The molecular formula is C47H88N16O13. The van der Waals surface area contributed by atoms with Crippen molar-refractivity contribution >= 4 is 65.0 Å². The SMILES string of the molecule is CCCCCCCC(=O)N[C@@H](CCN)C(=O)N[C@@H](CO)C(=O)N[C@@H](CCN)C(=O)N[C@H]1CCNC(=O)[C@H]([C@@H](C)O)NC(=O)[C@H](CCN)NC(=O)[C@H](CCN)NC(=O)[C@H](CC(C)C)NC(=O)CNC(=O)[C@H](CCN)NC1=O. The monoisotopic (exact) mass is 1080 g/mol. The summed E-state index contributed by atoms with van der Waals surface area (Å²) >= 11 is 0. The highest BCUT2D eigenvalue weighted by atomic mass is 16.3. The third-order valence-corrected chi connectivity index (χ3v) is 12.0. The molecule has 1 heterocycles. The topological polar surface area (TPSA) is 491 Å². The molecule has 29 heteroatoms. The predicted molar refractivity (Wildman–Crippen MR) is 278 cm³/mol. The molecule has 11 amide bonds. The van der Waals surface area contributed by atoms with Crippen LogP contribution in [-0.4, -0.2) is 188 Å². The van der Waals surface area contributed by atoms with Crippen LogP contribution >= 0.6 is 0 Å². The van der Waals surface area contributed by atoms with Gasteiger partial charge in [-0.25, -0.2) is 0 Å². The predicted octanol–water partition coefficient (Wildman–Crippen LogP) is -7.49. The first-order chi connectivity index (χ1) is 36.1. The Balaban J connectivity index is 3.61. The summed E-state index contributed by atoms with van der Waals surface area (Å²) < 4.78 is 0. The highest BCUT2D eigenvalue weighted by Crippen LogP contribution is 2.09. The van der Waals surface area contributed by atoms with Crippen LogP contribution in [0.25, 0.3) is 0 Å². The number of aliphatic hydroxyl groups excluding tert-OH is 2. The Bertz CT molecular complexity index is 1900. The maximum Gasteiger partial charge on any atom is 0.245 e. The molecule has 0 aromatic heterocycles. The molecule has 1 aliphatic heterocycles. The minimum atomic E-state index is -1.67. The number of nitrogens with one attached hydrogen (secondary N) is 11. The minimum Gasteiger partial charge on any atom is -0.394 e. The van der Waals surface area contributed by atoms with Crippen LogP contribution in [0.15, 0.2) is 0 Å². The van der Waals surface area contributed by atoms with Crippen LogP contribution in [0.2, 0.25) is 0 Å². The second-order valence-electron chi connectivity index (χ2n) is 19.0. The molecule has 0 saturated carbocycles. The molecule has 0 aromatic rings. The molecule has 0 radical (unpaired) electrons. The fraction of sp³-hybridized carbons (Fsp3) is 0.766. The van der Waals surface area contributed by atoms with Gasteiger partial charge in [-0.15, -0.1) is 0 Å². The summed E-state index contributed by atoms with van der Waals surface area (Å²) in [5.41, 5.74) is 28.8. The van der Waals surface area contributed by atoms with Crippen molar-refractivity contribution in [2.24, 2.45) is 34.6 Å². The zero-order valence-electron chi connectivity index (χ0n) is 44.5. The molecular weight excluding hydrogens is 997 g/mol. The summed E-state index contributed by atoms with van der Waals surface area (Å²) in [7, 11) is 0. The number of hydrogen-bond acceptors (Lipinski definition) is 18. The normalized spacial score (nSPS) is 22.4. The molecule has 0 spiro atoms. The van der Waals surface area contributed by atoms with Crippen molar-refractivity contribution in [2.75, 3.05) is 52.4 Å². The van der Waals surface area contributed by atoms with Crippen molar-refractivity contribution in [3.05, 3.63) is 0 Å². The Kier molecular flexibility index (Phi) is 33.6. The first-order valence-corrected chi connectivity index (χ1v) is 26.2. The Morgan fingerprint density at radius 2 is 1.08 bits per heavy atom. The smallest absolute Gasteiger partial charge is 0.245 e. The number of amides is 11. The molecule has 0 aliphatic carbocycles. The van der Waals surface area contributed by atoms with Gasteiger partial charge in [0, 0.05) is 13.0 Å². The highest BCUT2D eigenvalue weighted by molar-refractivity contribution is 5.98. The molecule has 1 fully saturated rings. The van der Waals surface area contributed by atoms with E-state index < -0.39 is 152 Å². The fourth-order valence-corrected chi connectivity index (χ4v) is 7.78. The molecule has 0 aromatic carbocycles. The zero-order chi connectivity index (χ0) is 57.3. The van der Waals surface area contributed by atoms with Crippen LogP contribution in [0.1, 0.15) is 111 Å². The van der Waals surface area contributed by atoms with Gasteiger partial charge in [0.05, 0.1) is 19.3 Å². The van der Waals surface area contributed by atoms with Gasteiger partial charge in [0.15, 0.2) is 0 Å². The van der Waals surface area contributed by atoms with E-state index in [1.807, 2.05) is 0 Å². The van der Waals surface area contributed by atoms with Crippen molar-refractivity contribution in [3.63, 3.8) is 0 Å². The minimum absolute atomic E-state index is 0.00308. The lowest BCUT2D eigenvalue weighted by molar-refractivity contribution is -0.136. The van der Waals surface area contributed by atoms with E-state index in [9.17, 15) is 63.0 Å². The van der Waals surface area contributed by atoms with Crippen molar-refractivity contribution in [1.82, 2.24) is 58.5 Å². The molecule has 0 bridgehead atoms. The lowest BCUT2D eigenvalue weighted by Crippen LogP contribution is -2.61. The van der Waals surface area contributed by atoms with Gasteiger partial charge < -0.3 is 97.4 Å². The summed E-state index contributed by atoms with van der Waals surface area (Å²) in [5.74, 6) is -9.83. The highest BCUT2D eigenvalue weighted by Gasteiger charge is 2.35. The fourth-order valence-electron chi connectivity index (χ4n) is 7.78. The van der Waals surface area contributed by atoms with E-state index >= 15 is 0 Å². The van der Waals surface area contributed by atoms with Crippen molar-refractivity contribution in [3.8, 4) is 0 Å². The quantitative estimate of drug-likeness (QED) is 0.0340. The van der Waals surface area contributed by atoms with E-state index in [1.54, 1.807) is 13.8 Å². The first kappa shape index (κ1) is 67.9. The third kappa shape index (κ3) is 25.6. The first-order valence-electron chi connectivity index (χ1n) is 26.2. The average Bonchev–Trinajstić information content (AvgIpc) is 3.36. The van der Waals surface area contributed by atoms with E-state index in [0.717, 1.165) is 25.7 Å². The Morgan fingerprint density at radius 3 is 1.61 bits per heavy atom. The Labute approximate surface area is 444 Å². The van der Waals surface area contributed by atoms with Gasteiger partial charge >= 0.3 is 0 Å². The maximum absolute atomic E-state index is 14.1. The standard InChI is InChI=1S/C47H88N16O13/c1-5-6-7-8-9-10-36(66)55-29(12-18-49)40(69)62-35(25-64)46(75)60-31(14-20-51)42(71)61-33-16-22-53-47(76)38(27(4)65)63-44(73)32(15-21-52)58-41(70)30(13-19-50)59-45(74)34(23-26(2)3)56-37(67)24-54-39(68)28(11-17-48)57-43(33)72/h26-35,38,64-65H,5-25,48-52H2,1-4H3,(H,53,76)(H,54,68)(H,55,66)(H,56,67)(H,57,72)(H,58,70)(H,59,74)(H,60,75)(H,61,71)(H,62,69)(H,63,73)/t27-,28+,29+,30+,31+,32+,33+,34+,35+,38+/m1/s1. The van der Waals surface area contributed by atoms with Crippen molar-refractivity contribution < 1.29 is 63.0 Å². The maximum atomic E-state index is 14.1. The van der Waals surface area contributed by atoms with Crippen LogP contribution in [0.4, 0.5) is 0 Å². The Morgan fingerprint density at radius 1 is 0.579 bits per heavy atom. The molecule has 1 rings (SSSR count). The molecule has 23 N–H and O–H groups in total. The van der Waals surface area contributed by atoms with Gasteiger partial charge in [0.25, 0.3) is 0 Å². The van der Waals surface area contributed by atoms with Gasteiger partial charge in [-0.1, -0.05) is 46.5 Å². The van der Waals surface area contributed by atoms with Crippen LogP contribution in [0.5, 0.6) is 0 Å². The lowest BCUT2D eigenvalue weighted by Gasteiger charge is -2.27. The van der Waals surface area contributed by atoms with E-state index in [2.05, 4.69) is 65.4 Å².